The Kier molecular flexibility index (Phi) is 6.66. The largest absolute Gasteiger partial charge is 0.464 e. The fourth-order valence-corrected chi connectivity index (χ4v) is 2.46. The van der Waals surface area contributed by atoms with Crippen LogP contribution in [0.4, 0.5) is 20.4 Å². The summed E-state index contributed by atoms with van der Waals surface area (Å²) in [5.41, 5.74) is 1.76. The van der Waals surface area contributed by atoms with Gasteiger partial charge in [-0.2, -0.15) is 10.4 Å². The van der Waals surface area contributed by atoms with Crippen LogP contribution in [0, 0.1) is 11.3 Å². The molecule has 0 aliphatic heterocycles. The molecule has 0 aliphatic carbocycles. The van der Waals surface area contributed by atoms with Crippen LogP contribution in [0.15, 0.2) is 36.9 Å². The third-order valence-electron chi connectivity index (χ3n) is 3.98. The second kappa shape index (κ2) is 9.57. The first-order valence-electron chi connectivity index (χ1n) is 9.07. The molecule has 3 heterocycles. The van der Waals surface area contributed by atoms with Crippen molar-refractivity contribution in [3.63, 3.8) is 0 Å². The Morgan fingerprint density at radius 3 is 2.65 bits per heavy atom. The van der Waals surface area contributed by atoms with Crippen molar-refractivity contribution in [1.82, 2.24) is 30.0 Å². The van der Waals surface area contributed by atoms with E-state index < -0.39 is 25.0 Å². The molecule has 0 spiro atoms. The van der Waals surface area contributed by atoms with Gasteiger partial charge in [-0.3, -0.25) is 9.48 Å². The van der Waals surface area contributed by atoms with Crippen LogP contribution in [-0.2, 0) is 11.8 Å². The number of carbonyl (C=O) groups excluding carboxylic acids is 1. The molecular formula is C19H18F2N8O2. The van der Waals surface area contributed by atoms with Gasteiger partial charge in [0, 0.05) is 31.2 Å². The summed E-state index contributed by atoms with van der Waals surface area (Å²) in [4.78, 5) is 24.6. The molecule has 1 unspecified atom stereocenters. The molecule has 0 aliphatic rings. The van der Waals surface area contributed by atoms with Crippen molar-refractivity contribution in [1.29, 1.82) is 5.26 Å². The van der Waals surface area contributed by atoms with E-state index in [0.29, 0.717) is 17.2 Å². The number of ether oxygens (including phenoxy) is 1. The lowest BCUT2D eigenvalue weighted by Crippen LogP contribution is -2.38. The maximum absolute atomic E-state index is 12.3. The Bertz CT molecular complexity index is 1100. The molecule has 0 aromatic carbocycles. The number of pyridine rings is 1. The van der Waals surface area contributed by atoms with Crippen LogP contribution in [0.3, 0.4) is 0 Å². The second-order valence-electron chi connectivity index (χ2n) is 6.38. The van der Waals surface area contributed by atoms with E-state index in [-0.39, 0.29) is 11.4 Å². The summed E-state index contributed by atoms with van der Waals surface area (Å²) in [7, 11) is 1.79. The van der Waals surface area contributed by atoms with Crippen molar-refractivity contribution in [2.45, 2.75) is 19.5 Å². The highest BCUT2D eigenvalue weighted by atomic mass is 19.3. The van der Waals surface area contributed by atoms with Crippen molar-refractivity contribution in [2.24, 2.45) is 7.05 Å². The molecule has 160 valence electrons. The van der Waals surface area contributed by atoms with Gasteiger partial charge < -0.3 is 15.4 Å². The molecule has 1 amide bonds. The van der Waals surface area contributed by atoms with E-state index in [4.69, 9.17) is 4.74 Å². The minimum atomic E-state index is -2.68. The maximum Gasteiger partial charge on any atom is 0.261 e. The Morgan fingerprint density at radius 1 is 1.29 bits per heavy atom. The van der Waals surface area contributed by atoms with Crippen molar-refractivity contribution in [2.75, 3.05) is 11.9 Å². The third-order valence-corrected chi connectivity index (χ3v) is 3.98. The number of hydrogen-bond donors (Lipinski definition) is 2. The maximum atomic E-state index is 12.3. The van der Waals surface area contributed by atoms with Gasteiger partial charge in [0.1, 0.15) is 11.6 Å². The van der Waals surface area contributed by atoms with E-state index in [0.717, 1.165) is 5.69 Å². The normalized spacial score (nSPS) is 11.6. The third kappa shape index (κ3) is 5.69. The molecule has 31 heavy (non-hydrogen) atoms. The first kappa shape index (κ1) is 21.6. The zero-order valence-corrected chi connectivity index (χ0v) is 16.6. The van der Waals surface area contributed by atoms with E-state index in [9.17, 15) is 18.8 Å². The number of carbonyl (C=O) groups is 1. The van der Waals surface area contributed by atoms with E-state index >= 15 is 0 Å². The summed E-state index contributed by atoms with van der Waals surface area (Å²) in [6.45, 7) is 0.584. The molecule has 0 radical (unpaired) electrons. The number of amides is 1. The molecule has 10 nitrogen and oxygen atoms in total. The zero-order valence-electron chi connectivity index (χ0n) is 16.6. The average Bonchev–Trinajstić information content (AvgIpc) is 3.16. The number of aryl methyl sites for hydroxylation is 1. The zero-order chi connectivity index (χ0) is 22.4. The van der Waals surface area contributed by atoms with Gasteiger partial charge in [0.2, 0.25) is 11.8 Å². The number of nitrogens with zero attached hydrogens (tertiary/aromatic N) is 6. The predicted octanol–water partition coefficient (Wildman–Crippen LogP) is 2.04. The smallest absolute Gasteiger partial charge is 0.261 e. The van der Waals surface area contributed by atoms with Gasteiger partial charge >= 0.3 is 0 Å². The van der Waals surface area contributed by atoms with Gasteiger partial charge in [-0.25, -0.2) is 23.7 Å². The van der Waals surface area contributed by atoms with Crippen LogP contribution in [-0.4, -0.2) is 49.7 Å². The molecule has 0 saturated heterocycles. The van der Waals surface area contributed by atoms with E-state index in [1.54, 1.807) is 30.2 Å². The number of alkyl halides is 2. The molecular weight excluding hydrogens is 410 g/mol. The molecule has 3 aromatic rings. The molecule has 0 saturated carbocycles. The Morgan fingerprint density at radius 2 is 2.03 bits per heavy atom. The van der Waals surface area contributed by atoms with Gasteiger partial charge in [0.05, 0.1) is 24.1 Å². The first-order chi connectivity index (χ1) is 14.9. The molecule has 12 heteroatoms. The van der Waals surface area contributed by atoms with E-state index in [1.165, 1.54) is 25.4 Å². The summed E-state index contributed by atoms with van der Waals surface area (Å²) in [5.74, 6) is -0.492. The highest BCUT2D eigenvalue weighted by Crippen LogP contribution is 2.23. The number of halogens is 2. The van der Waals surface area contributed by atoms with Crippen LogP contribution in [0.1, 0.15) is 12.5 Å². The summed E-state index contributed by atoms with van der Waals surface area (Å²) in [5, 5.41) is 18.4. The summed E-state index contributed by atoms with van der Waals surface area (Å²) in [6, 6.07) is 4.98. The SMILES string of the molecule is CC(Oc1nc(-c2cnc(Nc3cnn(C)c3)nc2)ccc1C#N)C(=O)NCC(F)F. The lowest BCUT2D eigenvalue weighted by Gasteiger charge is -2.15. The van der Waals surface area contributed by atoms with Crippen LogP contribution in [0.25, 0.3) is 11.3 Å². The van der Waals surface area contributed by atoms with Crippen molar-refractivity contribution < 1.29 is 18.3 Å². The van der Waals surface area contributed by atoms with E-state index in [1.807, 2.05) is 6.07 Å². The fourth-order valence-electron chi connectivity index (χ4n) is 2.46. The van der Waals surface area contributed by atoms with Crippen LogP contribution < -0.4 is 15.4 Å². The Labute approximate surface area is 175 Å². The molecule has 0 bridgehead atoms. The highest BCUT2D eigenvalue weighted by Gasteiger charge is 2.19. The van der Waals surface area contributed by atoms with Crippen LogP contribution >= 0.6 is 0 Å². The summed E-state index contributed by atoms with van der Waals surface area (Å²) < 4.78 is 31.6. The minimum Gasteiger partial charge on any atom is -0.464 e. The Hall–Kier alpha value is -4.14. The highest BCUT2D eigenvalue weighted by molar-refractivity contribution is 5.80. The molecule has 2 N–H and O–H groups in total. The summed E-state index contributed by atoms with van der Waals surface area (Å²) in [6.07, 6.45) is 2.65. The molecule has 3 aromatic heterocycles. The first-order valence-corrected chi connectivity index (χ1v) is 9.07. The fraction of sp³-hybridized carbons (Fsp3) is 0.263. The van der Waals surface area contributed by atoms with Gasteiger partial charge in [0.15, 0.2) is 6.10 Å². The number of nitrogens with one attached hydrogen (secondary N) is 2. The van der Waals surface area contributed by atoms with E-state index in [2.05, 4.69) is 30.7 Å². The standard InChI is InChI=1S/C19H18F2N8O2/c1-11(17(30)23-9-16(20)21)31-18-12(5-22)3-4-15(28-18)13-6-24-19(25-7-13)27-14-8-26-29(2)10-14/h3-4,6-8,10-11,16H,9H2,1-2H3,(H,23,30)(H,24,25,27). The van der Waals surface area contributed by atoms with Gasteiger partial charge in [0.25, 0.3) is 12.3 Å². The minimum absolute atomic E-state index is 0.0908. The Balaban J connectivity index is 1.75. The molecule has 3 rings (SSSR count). The summed E-state index contributed by atoms with van der Waals surface area (Å²) >= 11 is 0. The van der Waals surface area contributed by atoms with Crippen molar-refractivity contribution in [3.8, 4) is 23.2 Å². The van der Waals surface area contributed by atoms with Crippen LogP contribution in [0.5, 0.6) is 5.88 Å². The van der Waals surface area contributed by atoms with Crippen molar-refractivity contribution >= 4 is 17.5 Å². The quantitative estimate of drug-likeness (QED) is 0.557. The van der Waals surface area contributed by atoms with Gasteiger partial charge in [-0.05, 0) is 19.1 Å². The van der Waals surface area contributed by atoms with Crippen LogP contribution in [0.2, 0.25) is 0 Å². The number of hydrogen-bond acceptors (Lipinski definition) is 8. The van der Waals surface area contributed by atoms with Gasteiger partial charge in [-0.15, -0.1) is 0 Å². The lowest BCUT2D eigenvalue weighted by molar-refractivity contribution is -0.128. The predicted molar refractivity (Wildman–Crippen MR) is 106 cm³/mol. The molecule has 0 fully saturated rings. The topological polar surface area (TPSA) is 131 Å². The second-order valence-corrected chi connectivity index (χ2v) is 6.38. The number of rotatable bonds is 8. The lowest BCUT2D eigenvalue weighted by atomic mass is 10.2. The van der Waals surface area contributed by atoms with Crippen molar-refractivity contribution in [3.05, 3.63) is 42.5 Å². The van der Waals surface area contributed by atoms with Gasteiger partial charge in [-0.1, -0.05) is 0 Å². The number of anilines is 2. The average molecular weight is 428 g/mol. The monoisotopic (exact) mass is 428 g/mol. The number of nitriles is 1. The molecule has 1 atom stereocenters. The number of aromatic nitrogens is 5.